The summed E-state index contributed by atoms with van der Waals surface area (Å²) in [6.07, 6.45) is 8.41. The van der Waals surface area contributed by atoms with Gasteiger partial charge in [0, 0.05) is 16.1 Å². The van der Waals surface area contributed by atoms with Crippen LogP contribution in [0, 0.1) is 0 Å². The number of halogens is 1. The summed E-state index contributed by atoms with van der Waals surface area (Å²) >= 11 is 3.68. The lowest BCUT2D eigenvalue weighted by molar-refractivity contribution is 0.432. The number of fused-ring (bicyclic) bond motifs is 1. The highest BCUT2D eigenvalue weighted by Gasteiger charge is 2.21. The third-order valence-corrected chi connectivity index (χ3v) is 5.80. The fourth-order valence-corrected chi connectivity index (χ4v) is 4.25. The lowest BCUT2D eigenvalue weighted by Crippen LogP contribution is -2.13. The van der Waals surface area contributed by atoms with Crippen LogP contribution < -0.4 is 5.32 Å². The van der Waals surface area contributed by atoms with Crippen molar-refractivity contribution in [3.8, 4) is 0 Å². The van der Waals surface area contributed by atoms with Gasteiger partial charge in [0.25, 0.3) is 0 Å². The zero-order valence-electron chi connectivity index (χ0n) is 14.5. The van der Waals surface area contributed by atoms with E-state index in [2.05, 4.69) is 68.0 Å². The van der Waals surface area contributed by atoms with Gasteiger partial charge in [0.15, 0.2) is 0 Å². The minimum atomic E-state index is 0.163. The molecule has 5 heteroatoms. The van der Waals surface area contributed by atoms with Crippen LogP contribution >= 0.6 is 15.9 Å². The molecule has 1 saturated carbocycles. The summed E-state index contributed by atoms with van der Waals surface area (Å²) in [6, 6.07) is 12.8. The molecule has 1 N–H and O–H groups in total. The summed E-state index contributed by atoms with van der Waals surface area (Å²) in [5.74, 6) is 1.27. The Morgan fingerprint density at radius 1 is 1.16 bits per heavy atom. The maximum absolute atomic E-state index is 4.80. The number of anilines is 1. The molecule has 0 aliphatic heterocycles. The normalized spacial score (nSPS) is 16.9. The first-order valence-corrected chi connectivity index (χ1v) is 9.87. The van der Waals surface area contributed by atoms with Gasteiger partial charge < -0.3 is 5.32 Å². The number of rotatable bonds is 4. The Kier molecular flexibility index (Phi) is 4.75. The molecule has 1 aliphatic rings. The summed E-state index contributed by atoms with van der Waals surface area (Å²) in [6.45, 7) is 2.14. The van der Waals surface area contributed by atoms with Crippen molar-refractivity contribution in [3.63, 3.8) is 0 Å². The molecule has 2 aromatic heterocycles. The zero-order valence-corrected chi connectivity index (χ0v) is 16.0. The maximum atomic E-state index is 4.80. The van der Waals surface area contributed by atoms with Gasteiger partial charge in [-0.3, -0.25) is 0 Å². The van der Waals surface area contributed by atoms with Crippen molar-refractivity contribution in [2.24, 2.45) is 0 Å². The van der Waals surface area contributed by atoms with Crippen LogP contribution in [-0.2, 0) is 0 Å². The number of nitrogens with one attached hydrogen (secondary N) is 1. The van der Waals surface area contributed by atoms with E-state index in [1.165, 1.54) is 43.4 Å². The van der Waals surface area contributed by atoms with Gasteiger partial charge in [0.05, 0.1) is 17.8 Å². The molecule has 0 bridgehead atoms. The molecular formula is C20H23BrN4. The monoisotopic (exact) mass is 398 g/mol. The summed E-state index contributed by atoms with van der Waals surface area (Å²) in [5, 5.41) is 8.23. The molecule has 0 saturated heterocycles. The minimum Gasteiger partial charge on any atom is -0.346 e. The highest BCUT2D eigenvalue weighted by atomic mass is 79.9. The Labute approximate surface area is 156 Å². The molecule has 130 valence electrons. The van der Waals surface area contributed by atoms with Gasteiger partial charge in [0.2, 0.25) is 5.95 Å². The summed E-state index contributed by atoms with van der Waals surface area (Å²) in [5.41, 5.74) is 3.57. The first-order valence-electron chi connectivity index (χ1n) is 9.08. The molecule has 1 unspecified atom stereocenters. The van der Waals surface area contributed by atoms with Crippen molar-refractivity contribution in [3.05, 3.63) is 58.3 Å². The third-order valence-electron chi connectivity index (χ3n) is 5.16. The third kappa shape index (κ3) is 3.43. The molecule has 1 aliphatic carbocycles. The first-order chi connectivity index (χ1) is 12.2. The predicted molar refractivity (Wildman–Crippen MR) is 105 cm³/mol. The molecule has 0 amide bonds. The lowest BCUT2D eigenvalue weighted by Gasteiger charge is -2.21. The Morgan fingerprint density at radius 3 is 2.68 bits per heavy atom. The highest BCUT2D eigenvalue weighted by Crippen LogP contribution is 2.36. The van der Waals surface area contributed by atoms with Crippen LogP contribution in [0.15, 0.2) is 47.1 Å². The number of hydrogen-bond acceptors (Lipinski definition) is 3. The molecule has 1 aromatic carbocycles. The fourth-order valence-electron chi connectivity index (χ4n) is 3.75. The van der Waals surface area contributed by atoms with Gasteiger partial charge in [-0.15, -0.1) is 5.10 Å². The summed E-state index contributed by atoms with van der Waals surface area (Å²) in [4.78, 5) is 4.52. The zero-order chi connectivity index (χ0) is 17.2. The van der Waals surface area contributed by atoms with E-state index in [0.717, 1.165) is 9.99 Å². The highest BCUT2D eigenvalue weighted by molar-refractivity contribution is 9.10. The van der Waals surface area contributed by atoms with Gasteiger partial charge >= 0.3 is 0 Å². The van der Waals surface area contributed by atoms with E-state index < -0.39 is 0 Å². The molecule has 1 fully saturated rings. The van der Waals surface area contributed by atoms with Crippen LogP contribution in [-0.4, -0.2) is 14.6 Å². The topological polar surface area (TPSA) is 42.2 Å². The Bertz CT molecular complexity index is 853. The molecule has 4 nitrogen and oxygen atoms in total. The molecule has 2 heterocycles. The van der Waals surface area contributed by atoms with E-state index in [-0.39, 0.29) is 6.04 Å². The van der Waals surface area contributed by atoms with Crippen LogP contribution in [0.4, 0.5) is 5.95 Å². The van der Waals surface area contributed by atoms with Gasteiger partial charge in [0.1, 0.15) is 0 Å². The van der Waals surface area contributed by atoms with Gasteiger partial charge in [-0.1, -0.05) is 49.6 Å². The van der Waals surface area contributed by atoms with Gasteiger partial charge in [-0.05, 0) is 47.3 Å². The van der Waals surface area contributed by atoms with Gasteiger partial charge in [-0.2, -0.15) is 0 Å². The minimum absolute atomic E-state index is 0.163. The van der Waals surface area contributed by atoms with Crippen LogP contribution in [0.1, 0.15) is 62.2 Å². The Balaban J connectivity index is 1.64. The van der Waals surface area contributed by atoms with Crippen LogP contribution in [0.3, 0.4) is 0 Å². The van der Waals surface area contributed by atoms with E-state index in [1.807, 2.05) is 12.3 Å². The molecule has 0 spiro atoms. The van der Waals surface area contributed by atoms with Crippen molar-refractivity contribution in [2.75, 3.05) is 5.32 Å². The van der Waals surface area contributed by atoms with E-state index in [1.54, 1.807) is 0 Å². The van der Waals surface area contributed by atoms with Crippen molar-refractivity contribution < 1.29 is 0 Å². The largest absolute Gasteiger partial charge is 0.346 e. The summed E-state index contributed by atoms with van der Waals surface area (Å²) in [7, 11) is 0. The quantitative estimate of drug-likeness (QED) is 0.611. The van der Waals surface area contributed by atoms with Gasteiger partial charge in [-0.25, -0.2) is 9.50 Å². The van der Waals surface area contributed by atoms with E-state index in [9.17, 15) is 0 Å². The molecule has 1 atom stereocenters. The molecule has 0 radical (unpaired) electrons. The van der Waals surface area contributed by atoms with E-state index in [4.69, 9.17) is 5.10 Å². The second-order valence-electron chi connectivity index (χ2n) is 6.91. The summed E-state index contributed by atoms with van der Waals surface area (Å²) < 4.78 is 3.16. The Hall–Kier alpha value is -1.88. The standard InChI is InChI=1S/C20H23BrN4/c1-14(15-8-4-2-5-9-15)23-20-22-13-19-17(21)12-18(25(19)24-20)16-10-6-3-7-11-16/h2,4-5,8-9,12-14,16H,3,6-7,10-11H2,1H3,(H,23,24). The van der Waals surface area contributed by atoms with Crippen LogP contribution in [0.2, 0.25) is 0 Å². The number of hydrogen-bond donors (Lipinski definition) is 1. The molecule has 25 heavy (non-hydrogen) atoms. The van der Waals surface area contributed by atoms with E-state index >= 15 is 0 Å². The van der Waals surface area contributed by atoms with E-state index in [0.29, 0.717) is 11.9 Å². The number of nitrogens with zero attached hydrogens (tertiary/aromatic N) is 3. The van der Waals surface area contributed by atoms with Crippen molar-refractivity contribution in [1.82, 2.24) is 14.6 Å². The second-order valence-corrected chi connectivity index (χ2v) is 7.76. The average Bonchev–Trinajstić information content (AvgIpc) is 2.99. The molecular weight excluding hydrogens is 376 g/mol. The molecule has 4 rings (SSSR count). The van der Waals surface area contributed by atoms with Crippen LogP contribution in [0.25, 0.3) is 5.52 Å². The second kappa shape index (κ2) is 7.16. The maximum Gasteiger partial charge on any atom is 0.241 e. The van der Waals surface area contributed by atoms with Crippen molar-refractivity contribution >= 4 is 27.4 Å². The van der Waals surface area contributed by atoms with Crippen molar-refractivity contribution in [2.45, 2.75) is 51.0 Å². The number of benzene rings is 1. The average molecular weight is 399 g/mol. The first kappa shape index (κ1) is 16.6. The fraction of sp³-hybridized carbons (Fsp3) is 0.400. The molecule has 3 aromatic rings. The predicted octanol–water partition coefficient (Wildman–Crippen LogP) is 5.71. The Morgan fingerprint density at radius 2 is 1.92 bits per heavy atom. The SMILES string of the molecule is CC(Nc1ncc2c(Br)cc(C3CCCCC3)n2n1)c1ccccc1. The smallest absolute Gasteiger partial charge is 0.241 e. The lowest BCUT2D eigenvalue weighted by atomic mass is 9.87. The number of aromatic nitrogens is 3. The van der Waals surface area contributed by atoms with Crippen LogP contribution in [0.5, 0.6) is 0 Å². The van der Waals surface area contributed by atoms with Crippen molar-refractivity contribution in [1.29, 1.82) is 0 Å².